The van der Waals surface area contributed by atoms with Crippen molar-refractivity contribution in [1.29, 1.82) is 0 Å². The van der Waals surface area contributed by atoms with Gasteiger partial charge in [0.2, 0.25) is 5.91 Å². The van der Waals surface area contributed by atoms with Crippen LogP contribution in [-0.4, -0.2) is 23.9 Å². The number of amides is 3. The lowest BCUT2D eigenvalue weighted by Gasteiger charge is -2.06. The van der Waals surface area contributed by atoms with Gasteiger partial charge < -0.3 is 10.6 Å². The molecule has 0 heterocycles. The average molecular weight is 403 g/mol. The van der Waals surface area contributed by atoms with E-state index in [4.69, 9.17) is 0 Å². The summed E-state index contributed by atoms with van der Waals surface area (Å²) >= 11 is 3.33. The second-order valence-electron chi connectivity index (χ2n) is 4.97. The lowest BCUT2D eigenvalue weighted by Crippen LogP contribution is -2.32. The van der Waals surface area contributed by atoms with E-state index in [1.54, 1.807) is 30.3 Å². The van der Waals surface area contributed by atoms with Crippen molar-refractivity contribution in [3.8, 4) is 0 Å². The molecule has 0 bridgehead atoms. The fourth-order valence-electron chi connectivity index (χ4n) is 1.83. The van der Waals surface area contributed by atoms with Crippen LogP contribution >= 0.6 is 15.9 Å². The molecule has 0 atom stereocenters. The average Bonchev–Trinajstić information content (AvgIpc) is 2.56. The SMILES string of the molecule is CC(=O)Nc1ccc(NC(=O)C(=O)N/N=C/c2cccc(Br)c2)cc1. The molecule has 0 aliphatic rings. The van der Waals surface area contributed by atoms with Crippen LogP contribution in [0.4, 0.5) is 11.4 Å². The molecule has 0 radical (unpaired) electrons. The molecular formula is C17H15BrN4O3. The predicted molar refractivity (Wildman–Crippen MR) is 99.3 cm³/mol. The van der Waals surface area contributed by atoms with Gasteiger partial charge in [0.05, 0.1) is 6.21 Å². The molecular weight excluding hydrogens is 388 g/mol. The number of rotatable bonds is 4. The lowest BCUT2D eigenvalue weighted by atomic mass is 10.2. The van der Waals surface area contributed by atoms with E-state index in [1.807, 2.05) is 18.2 Å². The number of hydrazone groups is 1. The summed E-state index contributed by atoms with van der Waals surface area (Å²) in [6.07, 6.45) is 1.43. The first-order chi connectivity index (χ1) is 11.9. The molecule has 0 fully saturated rings. The van der Waals surface area contributed by atoms with E-state index in [0.717, 1.165) is 10.0 Å². The van der Waals surface area contributed by atoms with Crippen molar-refractivity contribution in [2.24, 2.45) is 5.10 Å². The monoisotopic (exact) mass is 402 g/mol. The summed E-state index contributed by atoms with van der Waals surface area (Å²) in [5.41, 5.74) is 3.93. The zero-order valence-corrected chi connectivity index (χ0v) is 14.8. The van der Waals surface area contributed by atoms with Crippen molar-refractivity contribution in [3.63, 3.8) is 0 Å². The number of benzene rings is 2. The summed E-state index contributed by atoms with van der Waals surface area (Å²) in [5.74, 6) is -1.93. The molecule has 0 unspecified atom stereocenters. The van der Waals surface area contributed by atoms with Gasteiger partial charge in [0, 0.05) is 22.8 Å². The second-order valence-corrected chi connectivity index (χ2v) is 5.88. The molecule has 3 amide bonds. The van der Waals surface area contributed by atoms with Gasteiger partial charge in [-0.2, -0.15) is 5.10 Å². The number of hydrogen-bond acceptors (Lipinski definition) is 4. The number of nitrogens with one attached hydrogen (secondary N) is 3. The van der Waals surface area contributed by atoms with Gasteiger partial charge in [-0.1, -0.05) is 28.1 Å². The molecule has 8 heteroatoms. The Bertz CT molecular complexity index is 819. The largest absolute Gasteiger partial charge is 0.329 e. The Morgan fingerprint density at radius 3 is 2.20 bits per heavy atom. The van der Waals surface area contributed by atoms with Crippen LogP contribution in [0.1, 0.15) is 12.5 Å². The van der Waals surface area contributed by atoms with Crippen molar-refractivity contribution in [3.05, 3.63) is 58.6 Å². The Morgan fingerprint density at radius 1 is 0.960 bits per heavy atom. The molecule has 2 aromatic carbocycles. The Labute approximate surface area is 152 Å². The first kappa shape index (κ1) is 18.3. The summed E-state index contributed by atoms with van der Waals surface area (Å²) in [5, 5.41) is 8.78. The first-order valence-electron chi connectivity index (χ1n) is 7.21. The molecule has 128 valence electrons. The van der Waals surface area contributed by atoms with Gasteiger partial charge in [0.1, 0.15) is 0 Å². The maximum absolute atomic E-state index is 11.8. The van der Waals surface area contributed by atoms with Crippen molar-refractivity contribution >= 4 is 51.2 Å². The Hall–Kier alpha value is -3.00. The predicted octanol–water partition coefficient (Wildman–Crippen LogP) is 2.50. The van der Waals surface area contributed by atoms with E-state index in [1.165, 1.54) is 13.1 Å². The van der Waals surface area contributed by atoms with Crippen LogP contribution in [0, 0.1) is 0 Å². The molecule has 3 N–H and O–H groups in total. The molecule has 0 saturated carbocycles. The molecule has 0 aliphatic carbocycles. The maximum Gasteiger partial charge on any atom is 0.329 e. The fourth-order valence-corrected chi connectivity index (χ4v) is 2.25. The molecule has 25 heavy (non-hydrogen) atoms. The number of halogens is 1. The third-order valence-electron chi connectivity index (χ3n) is 2.90. The highest BCUT2D eigenvalue weighted by Gasteiger charge is 2.12. The standard InChI is InChI=1S/C17H15BrN4O3/c1-11(23)20-14-5-7-15(8-6-14)21-16(24)17(25)22-19-10-12-3-2-4-13(18)9-12/h2-10H,1H3,(H,20,23)(H,21,24)(H,22,25)/b19-10+. The van der Waals surface area contributed by atoms with E-state index < -0.39 is 11.8 Å². The van der Waals surface area contributed by atoms with Crippen LogP contribution in [0.2, 0.25) is 0 Å². The second kappa shape index (κ2) is 8.74. The Morgan fingerprint density at radius 2 is 1.60 bits per heavy atom. The van der Waals surface area contributed by atoms with E-state index >= 15 is 0 Å². The van der Waals surface area contributed by atoms with E-state index in [9.17, 15) is 14.4 Å². The summed E-state index contributed by atoms with van der Waals surface area (Å²) in [6.45, 7) is 1.40. The minimum atomic E-state index is -0.891. The molecule has 2 rings (SSSR count). The zero-order valence-electron chi connectivity index (χ0n) is 13.2. The fraction of sp³-hybridized carbons (Fsp3) is 0.0588. The molecule has 0 saturated heterocycles. The van der Waals surface area contributed by atoms with E-state index in [0.29, 0.717) is 11.4 Å². The molecule has 7 nitrogen and oxygen atoms in total. The normalized spacial score (nSPS) is 10.3. The van der Waals surface area contributed by atoms with E-state index in [2.05, 4.69) is 37.1 Å². The zero-order chi connectivity index (χ0) is 18.2. The summed E-state index contributed by atoms with van der Waals surface area (Å²) in [7, 11) is 0. The summed E-state index contributed by atoms with van der Waals surface area (Å²) in [4.78, 5) is 34.4. The smallest absolute Gasteiger partial charge is 0.326 e. The third-order valence-corrected chi connectivity index (χ3v) is 3.39. The Kier molecular flexibility index (Phi) is 6.41. The van der Waals surface area contributed by atoms with Gasteiger partial charge in [0.15, 0.2) is 0 Å². The molecule has 0 spiro atoms. The van der Waals surface area contributed by atoms with Crippen LogP contribution in [0.3, 0.4) is 0 Å². The minimum absolute atomic E-state index is 0.195. The van der Waals surface area contributed by atoms with Gasteiger partial charge in [-0.3, -0.25) is 14.4 Å². The van der Waals surface area contributed by atoms with E-state index in [-0.39, 0.29) is 5.91 Å². The summed E-state index contributed by atoms with van der Waals surface area (Å²) < 4.78 is 0.878. The summed E-state index contributed by atoms with van der Waals surface area (Å²) in [6, 6.07) is 13.7. The van der Waals surface area contributed by atoms with Crippen LogP contribution in [-0.2, 0) is 14.4 Å². The minimum Gasteiger partial charge on any atom is -0.326 e. The van der Waals surface area contributed by atoms with Gasteiger partial charge in [-0.05, 0) is 42.0 Å². The van der Waals surface area contributed by atoms with Crippen LogP contribution in [0.15, 0.2) is 58.1 Å². The first-order valence-corrected chi connectivity index (χ1v) is 8.01. The van der Waals surface area contributed by atoms with Crippen LogP contribution in [0.25, 0.3) is 0 Å². The highest BCUT2D eigenvalue weighted by molar-refractivity contribution is 9.10. The highest BCUT2D eigenvalue weighted by atomic mass is 79.9. The van der Waals surface area contributed by atoms with Crippen molar-refractivity contribution in [2.75, 3.05) is 10.6 Å². The number of hydrogen-bond donors (Lipinski definition) is 3. The van der Waals surface area contributed by atoms with Crippen molar-refractivity contribution < 1.29 is 14.4 Å². The van der Waals surface area contributed by atoms with Crippen LogP contribution < -0.4 is 16.1 Å². The topological polar surface area (TPSA) is 99.7 Å². The van der Waals surface area contributed by atoms with Crippen molar-refractivity contribution in [2.45, 2.75) is 6.92 Å². The number of nitrogens with zero attached hydrogens (tertiary/aromatic N) is 1. The molecule has 0 aliphatic heterocycles. The van der Waals surface area contributed by atoms with Crippen LogP contribution in [0.5, 0.6) is 0 Å². The highest BCUT2D eigenvalue weighted by Crippen LogP contribution is 2.13. The van der Waals surface area contributed by atoms with Gasteiger partial charge >= 0.3 is 11.8 Å². The maximum atomic E-state index is 11.8. The van der Waals surface area contributed by atoms with Gasteiger partial charge in [0.25, 0.3) is 0 Å². The molecule has 2 aromatic rings. The quantitative estimate of drug-likeness (QED) is 0.416. The number of anilines is 2. The Balaban J connectivity index is 1.87. The lowest BCUT2D eigenvalue weighted by molar-refractivity contribution is -0.136. The molecule has 0 aromatic heterocycles. The van der Waals surface area contributed by atoms with Crippen molar-refractivity contribution in [1.82, 2.24) is 5.43 Å². The van der Waals surface area contributed by atoms with Gasteiger partial charge in [-0.25, -0.2) is 5.43 Å². The number of carbonyl (C=O) groups excluding carboxylic acids is 3. The van der Waals surface area contributed by atoms with Gasteiger partial charge in [-0.15, -0.1) is 0 Å². The number of carbonyl (C=O) groups is 3. The third kappa shape index (κ3) is 6.19.